The van der Waals surface area contributed by atoms with Gasteiger partial charge in [0.2, 0.25) is 0 Å². The Morgan fingerprint density at radius 1 is 1.50 bits per heavy atom. The molecule has 1 heterocycles. The fourth-order valence-electron chi connectivity index (χ4n) is 2.43. The number of aromatic nitrogens is 1. The number of nitrogens with zero attached hydrogens (tertiary/aromatic N) is 1. The molecule has 98 valence electrons. The van der Waals surface area contributed by atoms with Crippen LogP contribution in [-0.4, -0.2) is 35.3 Å². The Labute approximate surface area is 106 Å². The number of hydrogen-bond acceptors (Lipinski definition) is 4. The van der Waals surface area contributed by atoms with Crippen LogP contribution in [0, 0.1) is 6.92 Å². The monoisotopic (exact) mass is 250 g/mol. The molecule has 1 aromatic rings. The third-order valence-electron chi connectivity index (χ3n) is 3.40. The number of carboxylic acids is 1. The van der Waals surface area contributed by atoms with Gasteiger partial charge in [0.25, 0.3) is 0 Å². The predicted molar refractivity (Wildman–Crippen MR) is 68.0 cm³/mol. The molecule has 1 aromatic heterocycles. The standard InChI is InChI=1S/C13H18N2O3/c1-8-9(13(16)17)6-7-12(14-8)15-10-4-3-5-11(10)18-2/h6-7,10-11H,3-5H2,1-2H3,(H,14,15)(H,16,17). The van der Waals surface area contributed by atoms with Crippen molar-refractivity contribution < 1.29 is 14.6 Å². The summed E-state index contributed by atoms with van der Waals surface area (Å²) >= 11 is 0. The van der Waals surface area contributed by atoms with Gasteiger partial charge in [0.15, 0.2) is 0 Å². The van der Waals surface area contributed by atoms with Gasteiger partial charge in [-0.2, -0.15) is 0 Å². The topological polar surface area (TPSA) is 71.5 Å². The normalized spacial score (nSPS) is 23.0. The zero-order chi connectivity index (χ0) is 13.1. The smallest absolute Gasteiger partial charge is 0.337 e. The molecule has 18 heavy (non-hydrogen) atoms. The molecule has 2 unspecified atom stereocenters. The fourth-order valence-corrected chi connectivity index (χ4v) is 2.43. The summed E-state index contributed by atoms with van der Waals surface area (Å²) in [4.78, 5) is 15.2. The van der Waals surface area contributed by atoms with Crippen molar-refractivity contribution in [2.75, 3.05) is 12.4 Å². The van der Waals surface area contributed by atoms with Gasteiger partial charge in [-0.15, -0.1) is 0 Å². The summed E-state index contributed by atoms with van der Waals surface area (Å²) in [5.74, 6) is -0.228. The molecule has 0 spiro atoms. The third-order valence-corrected chi connectivity index (χ3v) is 3.40. The van der Waals surface area contributed by atoms with Gasteiger partial charge < -0.3 is 15.2 Å². The van der Waals surface area contributed by atoms with Crippen molar-refractivity contribution in [1.29, 1.82) is 0 Å². The van der Waals surface area contributed by atoms with Crippen LogP contribution in [-0.2, 0) is 4.74 Å². The highest BCUT2D eigenvalue weighted by Gasteiger charge is 2.27. The second-order valence-electron chi connectivity index (χ2n) is 4.59. The summed E-state index contributed by atoms with van der Waals surface area (Å²) in [5, 5.41) is 12.3. The molecule has 1 saturated carbocycles. The Morgan fingerprint density at radius 3 is 2.89 bits per heavy atom. The molecule has 0 saturated heterocycles. The van der Waals surface area contributed by atoms with Gasteiger partial charge in [-0.3, -0.25) is 0 Å². The Bertz CT molecular complexity index is 448. The molecule has 0 amide bonds. The molecular weight excluding hydrogens is 232 g/mol. The quantitative estimate of drug-likeness (QED) is 0.856. The molecule has 5 heteroatoms. The molecule has 2 rings (SSSR count). The van der Waals surface area contributed by atoms with Gasteiger partial charge in [-0.1, -0.05) is 0 Å². The van der Waals surface area contributed by atoms with E-state index in [4.69, 9.17) is 9.84 Å². The maximum Gasteiger partial charge on any atom is 0.337 e. The van der Waals surface area contributed by atoms with Gasteiger partial charge in [0.1, 0.15) is 5.82 Å². The van der Waals surface area contributed by atoms with Crippen molar-refractivity contribution in [2.24, 2.45) is 0 Å². The molecule has 0 aliphatic heterocycles. The van der Waals surface area contributed by atoms with E-state index in [9.17, 15) is 4.79 Å². The van der Waals surface area contributed by atoms with Crippen molar-refractivity contribution in [3.63, 3.8) is 0 Å². The number of methoxy groups -OCH3 is 1. The minimum absolute atomic E-state index is 0.214. The van der Waals surface area contributed by atoms with Gasteiger partial charge in [0.05, 0.1) is 23.4 Å². The number of ether oxygens (including phenoxy) is 1. The van der Waals surface area contributed by atoms with Gasteiger partial charge in [0, 0.05) is 7.11 Å². The maximum atomic E-state index is 10.9. The lowest BCUT2D eigenvalue weighted by atomic mass is 10.2. The summed E-state index contributed by atoms with van der Waals surface area (Å²) in [5.41, 5.74) is 0.773. The lowest BCUT2D eigenvalue weighted by molar-refractivity contribution is 0.0695. The SMILES string of the molecule is COC1CCCC1Nc1ccc(C(=O)O)c(C)n1. The van der Waals surface area contributed by atoms with Crippen LogP contribution in [0.5, 0.6) is 0 Å². The van der Waals surface area contributed by atoms with Crippen LogP contribution in [0.25, 0.3) is 0 Å². The first-order chi connectivity index (χ1) is 8.61. The molecule has 1 aliphatic carbocycles. The number of rotatable bonds is 4. The highest BCUT2D eigenvalue weighted by Crippen LogP contribution is 2.24. The van der Waals surface area contributed by atoms with Crippen molar-refractivity contribution in [1.82, 2.24) is 4.98 Å². The Morgan fingerprint density at radius 2 is 2.28 bits per heavy atom. The number of pyridine rings is 1. The molecule has 0 bridgehead atoms. The highest BCUT2D eigenvalue weighted by atomic mass is 16.5. The van der Waals surface area contributed by atoms with E-state index in [2.05, 4.69) is 10.3 Å². The Kier molecular flexibility index (Phi) is 3.81. The highest BCUT2D eigenvalue weighted by molar-refractivity contribution is 5.89. The Balaban J connectivity index is 2.10. The van der Waals surface area contributed by atoms with E-state index in [-0.39, 0.29) is 17.7 Å². The molecular formula is C13H18N2O3. The lowest BCUT2D eigenvalue weighted by Crippen LogP contribution is -2.30. The van der Waals surface area contributed by atoms with Gasteiger partial charge in [-0.05, 0) is 38.3 Å². The lowest BCUT2D eigenvalue weighted by Gasteiger charge is -2.20. The van der Waals surface area contributed by atoms with Crippen molar-refractivity contribution in [2.45, 2.75) is 38.3 Å². The van der Waals surface area contributed by atoms with E-state index in [0.29, 0.717) is 11.5 Å². The molecule has 0 radical (unpaired) electrons. The first-order valence-electron chi connectivity index (χ1n) is 6.12. The Hall–Kier alpha value is -1.62. The fraction of sp³-hybridized carbons (Fsp3) is 0.538. The molecule has 0 aromatic carbocycles. The summed E-state index contributed by atoms with van der Waals surface area (Å²) in [6.07, 6.45) is 3.47. The minimum Gasteiger partial charge on any atom is -0.478 e. The maximum absolute atomic E-state index is 10.9. The van der Waals surface area contributed by atoms with E-state index in [0.717, 1.165) is 19.3 Å². The van der Waals surface area contributed by atoms with Crippen LogP contribution in [0.4, 0.5) is 5.82 Å². The number of anilines is 1. The first kappa shape index (κ1) is 12.8. The number of aromatic carboxylic acids is 1. The van der Waals surface area contributed by atoms with Gasteiger partial charge in [-0.25, -0.2) is 9.78 Å². The molecule has 5 nitrogen and oxygen atoms in total. The van der Waals surface area contributed by atoms with Crippen LogP contribution in [0.1, 0.15) is 35.3 Å². The second-order valence-corrected chi connectivity index (χ2v) is 4.59. The minimum atomic E-state index is -0.942. The zero-order valence-corrected chi connectivity index (χ0v) is 10.6. The molecule has 2 N–H and O–H groups in total. The van der Waals surface area contributed by atoms with E-state index in [1.807, 2.05) is 0 Å². The van der Waals surface area contributed by atoms with Crippen LogP contribution >= 0.6 is 0 Å². The number of carbonyl (C=O) groups is 1. The number of nitrogens with one attached hydrogen (secondary N) is 1. The van der Waals surface area contributed by atoms with Crippen LogP contribution < -0.4 is 5.32 Å². The molecule has 1 fully saturated rings. The zero-order valence-electron chi connectivity index (χ0n) is 10.6. The van der Waals surface area contributed by atoms with Crippen molar-refractivity contribution in [3.05, 3.63) is 23.4 Å². The number of hydrogen-bond donors (Lipinski definition) is 2. The van der Waals surface area contributed by atoms with Crippen molar-refractivity contribution >= 4 is 11.8 Å². The summed E-state index contributed by atoms with van der Waals surface area (Å²) in [6, 6.07) is 3.56. The number of aryl methyl sites for hydroxylation is 1. The first-order valence-corrected chi connectivity index (χ1v) is 6.12. The largest absolute Gasteiger partial charge is 0.478 e. The van der Waals surface area contributed by atoms with Crippen LogP contribution in [0.2, 0.25) is 0 Å². The van der Waals surface area contributed by atoms with Crippen LogP contribution in [0.3, 0.4) is 0 Å². The third kappa shape index (κ3) is 2.61. The van der Waals surface area contributed by atoms with E-state index in [1.165, 1.54) is 0 Å². The van der Waals surface area contributed by atoms with E-state index < -0.39 is 5.97 Å². The summed E-state index contributed by atoms with van der Waals surface area (Å²) in [6.45, 7) is 1.71. The molecule has 2 atom stereocenters. The van der Waals surface area contributed by atoms with Crippen LogP contribution in [0.15, 0.2) is 12.1 Å². The second kappa shape index (κ2) is 5.35. The average molecular weight is 250 g/mol. The summed E-state index contributed by atoms with van der Waals surface area (Å²) in [7, 11) is 1.72. The van der Waals surface area contributed by atoms with Gasteiger partial charge >= 0.3 is 5.97 Å². The molecule has 1 aliphatic rings. The summed E-state index contributed by atoms with van der Waals surface area (Å²) < 4.78 is 5.40. The van der Waals surface area contributed by atoms with E-state index in [1.54, 1.807) is 26.2 Å². The van der Waals surface area contributed by atoms with Crippen molar-refractivity contribution in [3.8, 4) is 0 Å². The number of carboxylic acid groups (broad SMARTS) is 1. The van der Waals surface area contributed by atoms with E-state index >= 15 is 0 Å². The average Bonchev–Trinajstić information content (AvgIpc) is 2.76. The predicted octanol–water partition coefficient (Wildman–Crippen LogP) is 2.07.